The lowest BCUT2D eigenvalue weighted by molar-refractivity contribution is -0.137. The van der Waals surface area contributed by atoms with E-state index in [4.69, 9.17) is 9.84 Å². The maximum atomic E-state index is 12.2. The zero-order valence-corrected chi connectivity index (χ0v) is 11.5. The Morgan fingerprint density at radius 1 is 1.15 bits per heavy atom. The molecule has 108 valence electrons. The summed E-state index contributed by atoms with van der Waals surface area (Å²) in [6, 6.07) is 6.12. The summed E-state index contributed by atoms with van der Waals surface area (Å²) in [4.78, 5) is 35.3. The van der Waals surface area contributed by atoms with Crippen LogP contribution in [0, 0.1) is 0 Å². The molecule has 1 amide bonds. The van der Waals surface area contributed by atoms with Crippen LogP contribution in [0.15, 0.2) is 24.3 Å². The van der Waals surface area contributed by atoms with Crippen molar-refractivity contribution in [2.45, 2.75) is 6.92 Å². The number of hydrogen-bond donors (Lipinski definition) is 1. The highest BCUT2D eigenvalue weighted by Gasteiger charge is 2.18. The van der Waals surface area contributed by atoms with Gasteiger partial charge in [0.25, 0.3) is 5.91 Å². The molecule has 0 saturated carbocycles. The van der Waals surface area contributed by atoms with Gasteiger partial charge >= 0.3 is 5.97 Å². The van der Waals surface area contributed by atoms with Gasteiger partial charge in [0.05, 0.1) is 6.61 Å². The van der Waals surface area contributed by atoms with Gasteiger partial charge in [-0.3, -0.25) is 14.4 Å². The predicted octanol–water partition coefficient (Wildman–Crippen LogP) is 1.06. The van der Waals surface area contributed by atoms with Crippen molar-refractivity contribution in [1.29, 1.82) is 0 Å². The first-order valence-electron chi connectivity index (χ1n) is 6.06. The van der Waals surface area contributed by atoms with Crippen molar-refractivity contribution in [2.75, 3.05) is 26.8 Å². The van der Waals surface area contributed by atoms with Gasteiger partial charge in [0.15, 0.2) is 5.78 Å². The van der Waals surface area contributed by atoms with Crippen molar-refractivity contribution < 1.29 is 24.2 Å². The highest BCUT2D eigenvalue weighted by molar-refractivity contribution is 5.98. The minimum atomic E-state index is -1.09. The molecule has 0 aromatic heterocycles. The number of ketones is 1. The lowest BCUT2D eigenvalue weighted by Gasteiger charge is -2.20. The number of carbonyl (C=O) groups is 3. The smallest absolute Gasteiger partial charge is 0.323 e. The highest BCUT2D eigenvalue weighted by Crippen LogP contribution is 2.08. The Kier molecular flexibility index (Phi) is 5.86. The van der Waals surface area contributed by atoms with Crippen LogP contribution in [0.2, 0.25) is 0 Å². The number of nitrogens with zero attached hydrogens (tertiary/aromatic N) is 1. The summed E-state index contributed by atoms with van der Waals surface area (Å²) in [5, 5.41) is 8.82. The molecule has 0 heterocycles. The van der Waals surface area contributed by atoms with Gasteiger partial charge in [-0.15, -0.1) is 0 Å². The van der Waals surface area contributed by atoms with Gasteiger partial charge in [-0.1, -0.05) is 12.1 Å². The van der Waals surface area contributed by atoms with Crippen molar-refractivity contribution in [3.8, 4) is 0 Å². The molecule has 0 spiro atoms. The van der Waals surface area contributed by atoms with E-state index in [2.05, 4.69) is 0 Å². The van der Waals surface area contributed by atoms with Crippen LogP contribution in [-0.4, -0.2) is 54.5 Å². The van der Waals surface area contributed by atoms with Crippen LogP contribution in [0.1, 0.15) is 27.6 Å². The molecule has 0 aliphatic heterocycles. The highest BCUT2D eigenvalue weighted by atomic mass is 16.5. The number of carboxylic acid groups (broad SMARTS) is 1. The molecule has 1 aromatic carbocycles. The minimum absolute atomic E-state index is 0.0919. The quantitative estimate of drug-likeness (QED) is 0.754. The Bertz CT molecular complexity index is 495. The molecular weight excluding hydrogens is 262 g/mol. The first-order valence-corrected chi connectivity index (χ1v) is 6.06. The normalized spacial score (nSPS) is 10.1. The molecule has 6 nitrogen and oxygen atoms in total. The summed E-state index contributed by atoms with van der Waals surface area (Å²) in [6.07, 6.45) is 0. The number of methoxy groups -OCH3 is 1. The molecule has 6 heteroatoms. The zero-order valence-electron chi connectivity index (χ0n) is 11.5. The number of amides is 1. The van der Waals surface area contributed by atoms with E-state index >= 15 is 0 Å². The summed E-state index contributed by atoms with van der Waals surface area (Å²) in [7, 11) is 1.48. The number of ether oxygens (including phenoxy) is 1. The van der Waals surface area contributed by atoms with Gasteiger partial charge in [0.2, 0.25) is 0 Å². The van der Waals surface area contributed by atoms with E-state index in [0.29, 0.717) is 11.1 Å². The predicted molar refractivity (Wildman–Crippen MR) is 71.9 cm³/mol. The largest absolute Gasteiger partial charge is 0.480 e. The number of carboxylic acids is 1. The van der Waals surface area contributed by atoms with Gasteiger partial charge in [0.1, 0.15) is 6.54 Å². The Labute approximate surface area is 117 Å². The number of carbonyl (C=O) groups excluding carboxylic acids is 2. The molecule has 0 aliphatic rings. The SMILES string of the molecule is COCCN(CC(=O)O)C(=O)c1ccc(C(C)=O)cc1. The lowest BCUT2D eigenvalue weighted by Crippen LogP contribution is -2.38. The molecule has 0 atom stereocenters. The second-order valence-corrected chi connectivity index (χ2v) is 4.25. The number of benzene rings is 1. The molecule has 1 rings (SSSR count). The second kappa shape index (κ2) is 7.40. The van der Waals surface area contributed by atoms with Crippen LogP contribution in [0.3, 0.4) is 0 Å². The van der Waals surface area contributed by atoms with Gasteiger partial charge in [-0.05, 0) is 19.1 Å². The van der Waals surface area contributed by atoms with Gasteiger partial charge < -0.3 is 14.7 Å². The number of hydrogen-bond acceptors (Lipinski definition) is 4. The zero-order chi connectivity index (χ0) is 15.1. The fraction of sp³-hybridized carbons (Fsp3) is 0.357. The molecule has 0 aliphatic carbocycles. The van der Waals surface area contributed by atoms with Crippen LogP contribution < -0.4 is 0 Å². The topological polar surface area (TPSA) is 83.9 Å². The average molecular weight is 279 g/mol. The molecule has 0 radical (unpaired) electrons. The van der Waals surface area contributed by atoms with E-state index in [9.17, 15) is 14.4 Å². The maximum Gasteiger partial charge on any atom is 0.323 e. The van der Waals surface area contributed by atoms with Crippen LogP contribution in [0.4, 0.5) is 0 Å². The molecule has 0 bridgehead atoms. The third-order valence-corrected chi connectivity index (χ3v) is 2.72. The monoisotopic (exact) mass is 279 g/mol. The van der Waals surface area contributed by atoms with E-state index in [1.165, 1.54) is 31.1 Å². The van der Waals surface area contributed by atoms with E-state index in [-0.39, 0.29) is 18.9 Å². The first kappa shape index (κ1) is 15.8. The fourth-order valence-corrected chi connectivity index (χ4v) is 1.65. The van der Waals surface area contributed by atoms with Crippen molar-refractivity contribution in [3.05, 3.63) is 35.4 Å². The van der Waals surface area contributed by atoms with Gasteiger partial charge in [-0.25, -0.2) is 0 Å². The van der Waals surface area contributed by atoms with E-state index in [1.807, 2.05) is 0 Å². The fourth-order valence-electron chi connectivity index (χ4n) is 1.65. The number of aliphatic carboxylic acids is 1. The third-order valence-electron chi connectivity index (χ3n) is 2.72. The van der Waals surface area contributed by atoms with Crippen molar-refractivity contribution in [3.63, 3.8) is 0 Å². The number of Topliss-reactive ketones (excluding diaryl/α,β-unsaturated/α-hetero) is 1. The van der Waals surface area contributed by atoms with Crippen LogP contribution in [0.25, 0.3) is 0 Å². The molecule has 1 N–H and O–H groups in total. The van der Waals surface area contributed by atoms with Crippen molar-refractivity contribution >= 4 is 17.7 Å². The summed E-state index contributed by atoms with van der Waals surface area (Å²) in [6.45, 7) is 1.49. The van der Waals surface area contributed by atoms with E-state index < -0.39 is 18.4 Å². The molecule has 0 unspecified atom stereocenters. The number of rotatable bonds is 7. The second-order valence-electron chi connectivity index (χ2n) is 4.25. The van der Waals surface area contributed by atoms with Crippen molar-refractivity contribution in [2.24, 2.45) is 0 Å². The van der Waals surface area contributed by atoms with E-state index in [0.717, 1.165) is 0 Å². The van der Waals surface area contributed by atoms with Crippen LogP contribution in [-0.2, 0) is 9.53 Å². The first-order chi connectivity index (χ1) is 9.45. The summed E-state index contributed by atoms with van der Waals surface area (Å²) < 4.78 is 4.86. The van der Waals surface area contributed by atoms with Crippen LogP contribution in [0.5, 0.6) is 0 Å². The van der Waals surface area contributed by atoms with E-state index in [1.54, 1.807) is 12.1 Å². The maximum absolute atomic E-state index is 12.2. The van der Waals surface area contributed by atoms with Gasteiger partial charge in [-0.2, -0.15) is 0 Å². The average Bonchev–Trinajstić information content (AvgIpc) is 2.42. The van der Waals surface area contributed by atoms with Crippen molar-refractivity contribution in [1.82, 2.24) is 4.90 Å². The minimum Gasteiger partial charge on any atom is -0.480 e. The molecule has 0 fully saturated rings. The summed E-state index contributed by atoms with van der Waals surface area (Å²) >= 11 is 0. The standard InChI is InChI=1S/C14H17NO5/c1-10(16)11-3-5-12(6-4-11)14(19)15(7-8-20-2)9-13(17)18/h3-6H,7-9H2,1-2H3,(H,17,18). The molecule has 1 aromatic rings. The Morgan fingerprint density at radius 2 is 1.70 bits per heavy atom. The summed E-state index contributed by atoms with van der Waals surface area (Å²) in [5.74, 6) is -1.58. The Hall–Kier alpha value is -2.21. The third kappa shape index (κ3) is 4.47. The lowest BCUT2D eigenvalue weighted by atomic mass is 10.1. The Morgan fingerprint density at radius 3 is 2.15 bits per heavy atom. The van der Waals surface area contributed by atoms with Gasteiger partial charge in [0, 0.05) is 24.8 Å². The molecule has 0 saturated heterocycles. The molecule has 20 heavy (non-hydrogen) atoms. The molecular formula is C14H17NO5. The summed E-state index contributed by atoms with van der Waals surface area (Å²) in [5.41, 5.74) is 0.843. The van der Waals surface area contributed by atoms with Crippen LogP contribution >= 0.6 is 0 Å². The Balaban J connectivity index is 2.87.